The smallest absolute Gasteiger partial charge is 0.317 e. The van der Waals surface area contributed by atoms with Gasteiger partial charge in [0, 0.05) is 9.37 Å². The molecule has 1 aromatic rings. The number of rotatable bonds is 1. The van der Waals surface area contributed by atoms with E-state index in [2.05, 4.69) is 15.9 Å². The molecule has 0 amide bonds. The van der Waals surface area contributed by atoms with Gasteiger partial charge in [-0.2, -0.15) is 0 Å². The summed E-state index contributed by atoms with van der Waals surface area (Å²) in [5.74, 6) is -0.725. The number of carboxylic acid groups (broad SMARTS) is 1. The van der Waals surface area contributed by atoms with E-state index in [9.17, 15) is 4.79 Å². The molecule has 0 radical (unpaired) electrons. The van der Waals surface area contributed by atoms with E-state index in [0.717, 1.165) is 14.9 Å². The molecule has 1 N–H and O–H groups in total. The molecule has 0 saturated heterocycles. The molecule has 2 nitrogen and oxygen atoms in total. The van der Waals surface area contributed by atoms with Crippen molar-refractivity contribution in [3.05, 3.63) is 28.2 Å². The minimum Gasteiger partial charge on any atom is -0.480 e. The normalized spacial score (nSPS) is 19.9. The van der Waals surface area contributed by atoms with Gasteiger partial charge in [-0.25, -0.2) is 0 Å². The molecule has 2 rings (SSSR count). The molecular formula is C9H7BrO2S. The molecule has 0 fully saturated rings. The van der Waals surface area contributed by atoms with Crippen LogP contribution in [0.25, 0.3) is 0 Å². The van der Waals surface area contributed by atoms with Gasteiger partial charge < -0.3 is 5.11 Å². The van der Waals surface area contributed by atoms with Gasteiger partial charge in [0.1, 0.15) is 5.25 Å². The fraction of sp³-hybridized carbons (Fsp3) is 0.222. The Labute approximate surface area is 88.5 Å². The number of carboxylic acids is 1. The number of fused-ring (bicyclic) bond motifs is 1. The maximum Gasteiger partial charge on any atom is 0.317 e. The summed E-state index contributed by atoms with van der Waals surface area (Å²) in [7, 11) is 0. The summed E-state index contributed by atoms with van der Waals surface area (Å²) in [6.45, 7) is 0. The fourth-order valence-electron chi connectivity index (χ4n) is 1.34. The van der Waals surface area contributed by atoms with Crippen molar-refractivity contribution >= 4 is 33.7 Å². The lowest BCUT2D eigenvalue weighted by molar-refractivity contribution is -0.136. The second kappa shape index (κ2) is 3.35. The maximum atomic E-state index is 10.7. The van der Waals surface area contributed by atoms with Crippen LogP contribution in [0.2, 0.25) is 0 Å². The molecule has 1 aromatic carbocycles. The van der Waals surface area contributed by atoms with Crippen molar-refractivity contribution in [3.8, 4) is 0 Å². The zero-order chi connectivity index (χ0) is 9.42. The molecule has 0 aromatic heterocycles. The molecule has 0 aliphatic carbocycles. The van der Waals surface area contributed by atoms with Crippen LogP contribution in [0.5, 0.6) is 0 Å². The number of hydrogen-bond donors (Lipinski definition) is 1. The van der Waals surface area contributed by atoms with Gasteiger partial charge in [0.25, 0.3) is 0 Å². The standard InChI is InChI=1S/C9H7BrO2S/c10-6-2-1-5-3-8(9(11)12)13-7(5)4-6/h1-2,4,8H,3H2,(H,11,12). The summed E-state index contributed by atoms with van der Waals surface area (Å²) in [5, 5.41) is 8.52. The molecule has 1 heterocycles. The van der Waals surface area contributed by atoms with Crippen LogP contribution < -0.4 is 0 Å². The van der Waals surface area contributed by atoms with Gasteiger partial charge in [0.15, 0.2) is 0 Å². The van der Waals surface area contributed by atoms with Crippen molar-refractivity contribution in [2.75, 3.05) is 0 Å². The van der Waals surface area contributed by atoms with Crippen LogP contribution in [0.15, 0.2) is 27.6 Å². The van der Waals surface area contributed by atoms with E-state index in [0.29, 0.717) is 6.42 Å². The molecule has 1 unspecified atom stereocenters. The van der Waals surface area contributed by atoms with Gasteiger partial charge in [0.05, 0.1) is 0 Å². The number of hydrogen-bond acceptors (Lipinski definition) is 2. The van der Waals surface area contributed by atoms with Crippen molar-refractivity contribution in [3.63, 3.8) is 0 Å². The van der Waals surface area contributed by atoms with Crippen molar-refractivity contribution in [1.82, 2.24) is 0 Å². The summed E-state index contributed by atoms with van der Waals surface area (Å²) in [6, 6.07) is 5.90. The maximum absolute atomic E-state index is 10.7. The molecule has 4 heteroatoms. The number of aliphatic carboxylic acids is 1. The topological polar surface area (TPSA) is 37.3 Å². The van der Waals surface area contributed by atoms with E-state index < -0.39 is 5.97 Å². The summed E-state index contributed by atoms with van der Waals surface area (Å²) in [5.41, 5.74) is 1.14. The summed E-state index contributed by atoms with van der Waals surface area (Å²) >= 11 is 4.79. The zero-order valence-corrected chi connectivity index (χ0v) is 9.06. The molecule has 0 saturated carbocycles. The first kappa shape index (κ1) is 9.09. The van der Waals surface area contributed by atoms with Crippen LogP contribution >= 0.6 is 27.7 Å². The van der Waals surface area contributed by atoms with Crippen LogP contribution in [0, 0.1) is 0 Å². The predicted octanol–water partition coefficient (Wildman–Crippen LogP) is 2.55. The van der Waals surface area contributed by atoms with Crippen molar-refractivity contribution in [2.45, 2.75) is 16.6 Å². The molecule has 13 heavy (non-hydrogen) atoms. The van der Waals surface area contributed by atoms with E-state index in [1.807, 2.05) is 18.2 Å². The second-order valence-corrected chi connectivity index (χ2v) is 5.06. The zero-order valence-electron chi connectivity index (χ0n) is 6.66. The van der Waals surface area contributed by atoms with Gasteiger partial charge in [-0.15, -0.1) is 11.8 Å². The Morgan fingerprint density at radius 2 is 2.38 bits per heavy atom. The van der Waals surface area contributed by atoms with Crippen LogP contribution in [-0.4, -0.2) is 16.3 Å². The highest BCUT2D eigenvalue weighted by molar-refractivity contribution is 9.10. The quantitative estimate of drug-likeness (QED) is 0.842. The minimum absolute atomic E-state index is 0.302. The number of carbonyl (C=O) groups is 1. The van der Waals surface area contributed by atoms with Gasteiger partial charge in [0.2, 0.25) is 0 Å². The van der Waals surface area contributed by atoms with Crippen molar-refractivity contribution < 1.29 is 9.90 Å². The summed E-state index contributed by atoms with van der Waals surface area (Å²) < 4.78 is 1.00. The Hall–Kier alpha value is -0.480. The van der Waals surface area contributed by atoms with E-state index in [4.69, 9.17) is 5.11 Å². The number of halogens is 1. The second-order valence-electron chi connectivity index (χ2n) is 2.90. The lowest BCUT2D eigenvalue weighted by Gasteiger charge is -1.98. The largest absolute Gasteiger partial charge is 0.480 e. The molecule has 0 spiro atoms. The first-order valence-corrected chi connectivity index (χ1v) is 5.52. The van der Waals surface area contributed by atoms with Gasteiger partial charge in [-0.3, -0.25) is 4.79 Å². The third-order valence-electron chi connectivity index (χ3n) is 1.98. The first-order chi connectivity index (χ1) is 6.16. The van der Waals surface area contributed by atoms with Crippen LogP contribution in [0.4, 0.5) is 0 Å². The Kier molecular flexibility index (Phi) is 2.34. The van der Waals surface area contributed by atoms with Crippen LogP contribution in [0.3, 0.4) is 0 Å². The number of thioether (sulfide) groups is 1. The van der Waals surface area contributed by atoms with Crippen LogP contribution in [0.1, 0.15) is 5.56 Å². The fourth-order valence-corrected chi connectivity index (χ4v) is 3.02. The molecule has 1 atom stereocenters. The summed E-state index contributed by atoms with van der Waals surface area (Å²) in [4.78, 5) is 11.8. The molecular weight excluding hydrogens is 252 g/mol. The molecule has 1 aliphatic heterocycles. The third kappa shape index (κ3) is 1.74. The predicted molar refractivity (Wildman–Crippen MR) is 55.1 cm³/mol. The van der Waals surface area contributed by atoms with Gasteiger partial charge in [-0.1, -0.05) is 22.0 Å². The Morgan fingerprint density at radius 3 is 3.08 bits per heavy atom. The molecule has 68 valence electrons. The lowest BCUT2D eigenvalue weighted by atomic mass is 10.1. The monoisotopic (exact) mass is 258 g/mol. The highest BCUT2D eigenvalue weighted by atomic mass is 79.9. The number of benzene rings is 1. The van der Waals surface area contributed by atoms with E-state index in [1.165, 1.54) is 11.8 Å². The van der Waals surface area contributed by atoms with E-state index in [1.54, 1.807) is 0 Å². The SMILES string of the molecule is O=C(O)C1Cc2ccc(Br)cc2S1. The Bertz CT molecular complexity index is 365. The average Bonchev–Trinajstić information content (AvgIpc) is 2.46. The van der Waals surface area contributed by atoms with Crippen molar-refractivity contribution in [2.24, 2.45) is 0 Å². The Morgan fingerprint density at radius 1 is 1.62 bits per heavy atom. The lowest BCUT2D eigenvalue weighted by Crippen LogP contribution is -2.14. The van der Waals surface area contributed by atoms with Gasteiger partial charge in [-0.05, 0) is 24.1 Å². The summed E-state index contributed by atoms with van der Waals surface area (Å²) in [6.07, 6.45) is 0.641. The van der Waals surface area contributed by atoms with E-state index >= 15 is 0 Å². The third-order valence-corrected chi connectivity index (χ3v) is 3.76. The van der Waals surface area contributed by atoms with Crippen LogP contribution in [-0.2, 0) is 11.2 Å². The van der Waals surface area contributed by atoms with Crippen molar-refractivity contribution in [1.29, 1.82) is 0 Å². The van der Waals surface area contributed by atoms with Gasteiger partial charge >= 0.3 is 5.97 Å². The highest BCUT2D eigenvalue weighted by Gasteiger charge is 2.27. The Balaban J connectivity index is 2.30. The average molecular weight is 259 g/mol. The molecule has 1 aliphatic rings. The van der Waals surface area contributed by atoms with E-state index in [-0.39, 0.29) is 5.25 Å². The minimum atomic E-state index is -0.725. The first-order valence-electron chi connectivity index (χ1n) is 3.85. The molecule has 0 bridgehead atoms. The highest BCUT2D eigenvalue weighted by Crippen LogP contribution is 2.38.